The molecule has 0 fully saturated rings. The molecule has 33 heavy (non-hydrogen) atoms. The highest BCUT2D eigenvalue weighted by molar-refractivity contribution is 6.01. The number of rotatable bonds is 5. The Balaban J connectivity index is 1.57. The standard InChI is InChI=1S/C28H28N2O3/c1-3-33-20-14-12-18(13-15-20)19-16-24-27(25(31)17-19)28(21-8-4-7-11-26(21)32-2)30-23-10-6-5-9-22(23)29-24/h4-15,19,28-30H,3,16-17H2,1-2H3. The molecule has 2 N–H and O–H groups in total. The van der Waals surface area contributed by atoms with E-state index in [-0.39, 0.29) is 17.7 Å². The minimum absolute atomic E-state index is 0.114. The van der Waals surface area contributed by atoms with Crippen molar-refractivity contribution < 1.29 is 14.3 Å². The normalized spacial score (nSPS) is 19.5. The Bertz CT molecular complexity index is 1200. The van der Waals surface area contributed by atoms with Crippen molar-refractivity contribution in [2.24, 2.45) is 0 Å². The maximum Gasteiger partial charge on any atom is 0.163 e. The molecule has 1 aliphatic carbocycles. The third-order valence-electron chi connectivity index (χ3n) is 6.42. The summed E-state index contributed by atoms with van der Waals surface area (Å²) in [6, 6.07) is 23.8. The van der Waals surface area contributed by atoms with Crippen molar-refractivity contribution in [3.05, 3.63) is 95.2 Å². The minimum atomic E-state index is -0.291. The van der Waals surface area contributed by atoms with Crippen LogP contribution in [0.3, 0.4) is 0 Å². The number of Topliss-reactive ketones (excluding diaryl/α,β-unsaturated/α-hetero) is 1. The van der Waals surface area contributed by atoms with E-state index in [1.54, 1.807) is 7.11 Å². The summed E-state index contributed by atoms with van der Waals surface area (Å²) in [4.78, 5) is 13.7. The summed E-state index contributed by atoms with van der Waals surface area (Å²) >= 11 is 0. The zero-order chi connectivity index (χ0) is 22.8. The van der Waals surface area contributed by atoms with Gasteiger partial charge in [0.1, 0.15) is 11.5 Å². The van der Waals surface area contributed by atoms with E-state index in [1.165, 1.54) is 0 Å². The molecule has 1 aliphatic heterocycles. The van der Waals surface area contributed by atoms with Crippen molar-refractivity contribution in [2.45, 2.75) is 31.7 Å². The van der Waals surface area contributed by atoms with E-state index < -0.39 is 0 Å². The van der Waals surface area contributed by atoms with Gasteiger partial charge in [-0.25, -0.2) is 0 Å². The molecule has 168 valence electrons. The molecule has 0 amide bonds. The number of hydrogen-bond donors (Lipinski definition) is 2. The summed E-state index contributed by atoms with van der Waals surface area (Å²) in [6.07, 6.45) is 1.23. The van der Waals surface area contributed by atoms with Crippen LogP contribution in [-0.2, 0) is 4.79 Å². The largest absolute Gasteiger partial charge is 0.496 e. The quantitative estimate of drug-likeness (QED) is 0.504. The number of anilines is 2. The second kappa shape index (κ2) is 9.02. The highest BCUT2D eigenvalue weighted by Crippen LogP contribution is 2.45. The highest BCUT2D eigenvalue weighted by atomic mass is 16.5. The highest BCUT2D eigenvalue weighted by Gasteiger charge is 2.36. The van der Waals surface area contributed by atoms with Crippen LogP contribution in [0.5, 0.6) is 11.5 Å². The molecule has 5 heteroatoms. The zero-order valence-electron chi connectivity index (χ0n) is 18.9. The average molecular weight is 441 g/mol. The molecule has 0 radical (unpaired) electrons. The van der Waals surface area contributed by atoms with Crippen LogP contribution in [0.2, 0.25) is 0 Å². The number of hydrogen-bond acceptors (Lipinski definition) is 5. The van der Waals surface area contributed by atoms with E-state index in [0.29, 0.717) is 13.0 Å². The van der Waals surface area contributed by atoms with E-state index in [0.717, 1.165) is 51.7 Å². The summed E-state index contributed by atoms with van der Waals surface area (Å²) in [5.41, 5.74) is 5.81. The van der Waals surface area contributed by atoms with Gasteiger partial charge in [-0.1, -0.05) is 42.5 Å². The first-order chi connectivity index (χ1) is 16.2. The fourth-order valence-electron chi connectivity index (χ4n) is 4.87. The van der Waals surface area contributed by atoms with Crippen LogP contribution in [-0.4, -0.2) is 19.5 Å². The Kier molecular flexibility index (Phi) is 5.78. The Morgan fingerprint density at radius 3 is 2.39 bits per heavy atom. The van der Waals surface area contributed by atoms with Gasteiger partial charge in [0.2, 0.25) is 0 Å². The lowest BCUT2D eigenvalue weighted by molar-refractivity contribution is -0.116. The van der Waals surface area contributed by atoms with Crippen molar-refractivity contribution in [2.75, 3.05) is 24.4 Å². The smallest absolute Gasteiger partial charge is 0.163 e. The van der Waals surface area contributed by atoms with Crippen LogP contribution in [0.15, 0.2) is 84.1 Å². The van der Waals surface area contributed by atoms with Crippen LogP contribution in [0, 0.1) is 0 Å². The van der Waals surface area contributed by atoms with Gasteiger partial charge < -0.3 is 20.1 Å². The molecule has 2 unspecified atom stereocenters. The summed E-state index contributed by atoms with van der Waals surface area (Å²) in [5, 5.41) is 7.21. The van der Waals surface area contributed by atoms with Gasteiger partial charge in [-0.05, 0) is 55.2 Å². The van der Waals surface area contributed by atoms with E-state index in [9.17, 15) is 4.79 Å². The molecule has 0 bridgehead atoms. The molecule has 2 atom stereocenters. The lowest BCUT2D eigenvalue weighted by atomic mass is 9.78. The summed E-state index contributed by atoms with van der Waals surface area (Å²) in [6.45, 7) is 2.61. The molecule has 5 rings (SSSR count). The predicted octanol–water partition coefficient (Wildman–Crippen LogP) is 6.07. The number of benzene rings is 3. The van der Waals surface area contributed by atoms with Gasteiger partial charge in [0.25, 0.3) is 0 Å². The second-order valence-electron chi connectivity index (χ2n) is 8.41. The molecular formula is C28H28N2O3. The van der Waals surface area contributed by atoms with Crippen LogP contribution in [0.4, 0.5) is 11.4 Å². The van der Waals surface area contributed by atoms with Gasteiger partial charge in [0.15, 0.2) is 5.78 Å². The lowest BCUT2D eigenvalue weighted by Crippen LogP contribution is -2.27. The molecule has 2 aliphatic rings. The zero-order valence-corrected chi connectivity index (χ0v) is 18.9. The van der Waals surface area contributed by atoms with Crippen molar-refractivity contribution in [3.8, 4) is 11.5 Å². The van der Waals surface area contributed by atoms with Crippen molar-refractivity contribution in [1.82, 2.24) is 0 Å². The maximum absolute atomic E-state index is 13.7. The van der Waals surface area contributed by atoms with Gasteiger partial charge in [-0.2, -0.15) is 0 Å². The molecular weight excluding hydrogens is 412 g/mol. The minimum Gasteiger partial charge on any atom is -0.496 e. The van der Waals surface area contributed by atoms with E-state index in [1.807, 2.05) is 67.6 Å². The number of ketones is 1. The molecule has 0 saturated heterocycles. The van der Waals surface area contributed by atoms with Crippen molar-refractivity contribution in [3.63, 3.8) is 0 Å². The fraction of sp³-hybridized carbons (Fsp3) is 0.250. The average Bonchev–Trinajstić information content (AvgIpc) is 3.01. The molecule has 0 aromatic heterocycles. The van der Waals surface area contributed by atoms with Crippen LogP contribution in [0.1, 0.15) is 42.9 Å². The number of carbonyl (C=O) groups excluding carboxylic acids is 1. The van der Waals surface area contributed by atoms with E-state index in [4.69, 9.17) is 9.47 Å². The number of fused-ring (bicyclic) bond motifs is 1. The van der Waals surface area contributed by atoms with E-state index >= 15 is 0 Å². The summed E-state index contributed by atoms with van der Waals surface area (Å²) in [5.74, 6) is 1.88. The Morgan fingerprint density at radius 1 is 0.909 bits per heavy atom. The van der Waals surface area contributed by atoms with E-state index in [2.05, 4.69) is 22.8 Å². The topological polar surface area (TPSA) is 59.6 Å². The van der Waals surface area contributed by atoms with Gasteiger partial charge in [-0.3, -0.25) is 4.79 Å². The first kappa shape index (κ1) is 21.1. The lowest BCUT2D eigenvalue weighted by Gasteiger charge is -2.30. The van der Waals surface area contributed by atoms with Gasteiger partial charge in [0.05, 0.1) is 31.1 Å². The molecule has 1 heterocycles. The molecule has 0 saturated carbocycles. The van der Waals surface area contributed by atoms with Crippen LogP contribution in [0.25, 0.3) is 0 Å². The fourth-order valence-corrected chi connectivity index (χ4v) is 4.87. The number of ether oxygens (including phenoxy) is 2. The maximum atomic E-state index is 13.7. The third kappa shape index (κ3) is 4.07. The molecule has 0 spiro atoms. The van der Waals surface area contributed by atoms with Crippen LogP contribution < -0.4 is 20.1 Å². The number of allylic oxidation sites excluding steroid dienone is 1. The Labute approximate surface area is 194 Å². The summed E-state index contributed by atoms with van der Waals surface area (Å²) in [7, 11) is 1.67. The number of nitrogens with one attached hydrogen (secondary N) is 2. The number of para-hydroxylation sites is 3. The third-order valence-corrected chi connectivity index (χ3v) is 6.42. The van der Waals surface area contributed by atoms with Gasteiger partial charge in [0, 0.05) is 23.3 Å². The second-order valence-corrected chi connectivity index (χ2v) is 8.41. The number of methoxy groups -OCH3 is 1. The van der Waals surface area contributed by atoms with Crippen molar-refractivity contribution >= 4 is 17.2 Å². The monoisotopic (exact) mass is 440 g/mol. The van der Waals surface area contributed by atoms with Crippen molar-refractivity contribution in [1.29, 1.82) is 0 Å². The van der Waals surface area contributed by atoms with Gasteiger partial charge >= 0.3 is 0 Å². The van der Waals surface area contributed by atoms with Crippen LogP contribution >= 0.6 is 0 Å². The first-order valence-corrected chi connectivity index (χ1v) is 11.4. The van der Waals surface area contributed by atoms with Gasteiger partial charge in [-0.15, -0.1) is 0 Å². The Morgan fingerprint density at radius 2 is 1.64 bits per heavy atom. The molecule has 3 aromatic rings. The predicted molar refractivity (Wildman–Crippen MR) is 131 cm³/mol. The first-order valence-electron chi connectivity index (χ1n) is 11.4. The Hall–Kier alpha value is -3.73. The molecule has 3 aromatic carbocycles. The summed E-state index contributed by atoms with van der Waals surface area (Å²) < 4.78 is 11.2. The SMILES string of the molecule is CCOc1ccc(C2CC(=O)C3=C(C2)Nc2ccccc2NC3c2ccccc2OC)cc1. The number of carbonyl (C=O) groups is 1. The molecule has 5 nitrogen and oxygen atoms in total.